The molecule has 2 aliphatic heterocycles. The maximum Gasteiger partial charge on any atom is 0.253 e. The van der Waals surface area contributed by atoms with Crippen molar-refractivity contribution in [2.24, 2.45) is 11.7 Å². The van der Waals surface area contributed by atoms with E-state index in [0.29, 0.717) is 43.9 Å². The molecule has 0 radical (unpaired) electrons. The Kier molecular flexibility index (Phi) is 5.05. The minimum absolute atomic E-state index is 0.0131. The van der Waals surface area contributed by atoms with E-state index in [0.717, 1.165) is 5.69 Å². The number of anilines is 2. The molecule has 2 amide bonds. The van der Waals surface area contributed by atoms with E-state index in [1.807, 2.05) is 47.2 Å². The van der Waals surface area contributed by atoms with Gasteiger partial charge in [0.1, 0.15) is 0 Å². The Morgan fingerprint density at radius 1 is 1.18 bits per heavy atom. The van der Waals surface area contributed by atoms with Crippen LogP contribution in [0.4, 0.5) is 11.4 Å². The average Bonchev–Trinajstić information content (AvgIpc) is 3.10. The van der Waals surface area contributed by atoms with E-state index in [1.54, 1.807) is 6.07 Å². The highest BCUT2D eigenvalue weighted by Gasteiger charge is 2.35. The van der Waals surface area contributed by atoms with Gasteiger partial charge in [0, 0.05) is 44.6 Å². The maximum atomic E-state index is 13.2. The fourth-order valence-electron chi connectivity index (χ4n) is 4.24. The molecule has 0 spiro atoms. The Morgan fingerprint density at radius 3 is 2.71 bits per heavy atom. The highest BCUT2D eigenvalue weighted by molar-refractivity contribution is 6.01. The van der Waals surface area contributed by atoms with Gasteiger partial charge in [-0.25, -0.2) is 0 Å². The van der Waals surface area contributed by atoms with Gasteiger partial charge in [-0.1, -0.05) is 30.3 Å². The van der Waals surface area contributed by atoms with E-state index in [2.05, 4.69) is 17.4 Å². The summed E-state index contributed by atoms with van der Waals surface area (Å²) >= 11 is 0. The number of carbonyl (C=O) groups excluding carboxylic acids is 2. The molecule has 146 valence electrons. The first kappa shape index (κ1) is 18.5. The summed E-state index contributed by atoms with van der Waals surface area (Å²) in [5.41, 5.74) is 9.47. The zero-order valence-corrected chi connectivity index (χ0v) is 16.1. The number of nitrogens with zero attached hydrogens (tertiary/aromatic N) is 2. The molecule has 4 rings (SSSR count). The van der Waals surface area contributed by atoms with Gasteiger partial charge in [-0.15, -0.1) is 0 Å². The van der Waals surface area contributed by atoms with E-state index < -0.39 is 0 Å². The lowest BCUT2D eigenvalue weighted by atomic mass is 9.89. The lowest BCUT2D eigenvalue weighted by molar-refractivity contribution is -0.115. The quantitative estimate of drug-likeness (QED) is 0.859. The second-order valence-electron chi connectivity index (χ2n) is 7.67. The third-order valence-electron chi connectivity index (χ3n) is 5.86. The molecule has 0 bridgehead atoms. The molecule has 6 heteroatoms. The van der Waals surface area contributed by atoms with Crippen molar-refractivity contribution in [1.82, 2.24) is 4.90 Å². The van der Waals surface area contributed by atoms with Crippen LogP contribution < -0.4 is 16.0 Å². The molecular weight excluding hydrogens is 352 g/mol. The van der Waals surface area contributed by atoms with Crippen LogP contribution in [0, 0.1) is 5.92 Å². The largest absolute Gasteiger partial charge is 0.372 e. The first-order chi connectivity index (χ1) is 13.6. The zero-order chi connectivity index (χ0) is 19.7. The molecule has 2 atom stereocenters. The fraction of sp³-hybridized carbons (Fsp3) is 0.364. The number of likely N-dealkylation sites (tertiary alicyclic amines) is 1. The first-order valence-electron chi connectivity index (χ1n) is 9.76. The number of nitrogens with one attached hydrogen (secondary N) is 1. The monoisotopic (exact) mass is 378 g/mol. The summed E-state index contributed by atoms with van der Waals surface area (Å²) in [6.45, 7) is 2.52. The number of hydrogen-bond donors (Lipinski definition) is 2. The molecule has 0 aliphatic carbocycles. The molecule has 2 heterocycles. The van der Waals surface area contributed by atoms with Crippen molar-refractivity contribution in [1.29, 1.82) is 0 Å². The van der Waals surface area contributed by atoms with Crippen molar-refractivity contribution in [3.8, 4) is 0 Å². The summed E-state index contributed by atoms with van der Waals surface area (Å²) in [6.07, 6.45) is 0.442. The number of carbonyl (C=O) groups is 2. The summed E-state index contributed by atoms with van der Waals surface area (Å²) in [7, 11) is 1.96. The SMILES string of the molecule is CN1CCC(=O)Nc2cc(C(=O)N3C[C@@H](CN)[C@H](c4ccccc4)C3)ccc21. The number of rotatable bonds is 3. The van der Waals surface area contributed by atoms with Crippen LogP contribution >= 0.6 is 0 Å². The zero-order valence-electron chi connectivity index (χ0n) is 16.1. The molecule has 3 N–H and O–H groups in total. The van der Waals surface area contributed by atoms with Gasteiger partial charge in [-0.05, 0) is 36.2 Å². The molecule has 2 aromatic carbocycles. The summed E-state index contributed by atoms with van der Waals surface area (Å²) in [5.74, 6) is 0.462. The van der Waals surface area contributed by atoms with Crippen molar-refractivity contribution in [2.45, 2.75) is 12.3 Å². The van der Waals surface area contributed by atoms with Crippen molar-refractivity contribution < 1.29 is 9.59 Å². The number of fused-ring (bicyclic) bond motifs is 1. The molecule has 2 aliphatic rings. The van der Waals surface area contributed by atoms with Crippen molar-refractivity contribution in [3.05, 3.63) is 59.7 Å². The molecular formula is C22H26N4O2. The van der Waals surface area contributed by atoms with Gasteiger partial charge >= 0.3 is 0 Å². The van der Waals surface area contributed by atoms with E-state index in [1.165, 1.54) is 5.56 Å². The third kappa shape index (κ3) is 3.47. The molecule has 0 unspecified atom stereocenters. The number of hydrogen-bond acceptors (Lipinski definition) is 4. The van der Waals surface area contributed by atoms with Gasteiger partial charge < -0.3 is 20.9 Å². The number of nitrogens with two attached hydrogens (primary N) is 1. The Balaban J connectivity index is 1.57. The summed E-state index contributed by atoms with van der Waals surface area (Å²) in [6, 6.07) is 15.8. The molecule has 0 aromatic heterocycles. The normalized spacial score (nSPS) is 21.9. The average molecular weight is 378 g/mol. The van der Waals surface area contributed by atoms with Crippen molar-refractivity contribution >= 4 is 23.2 Å². The Hall–Kier alpha value is -2.86. The molecule has 2 aromatic rings. The van der Waals surface area contributed by atoms with Gasteiger partial charge in [-0.3, -0.25) is 9.59 Å². The van der Waals surface area contributed by atoms with Crippen LogP contribution in [0.3, 0.4) is 0 Å². The van der Waals surface area contributed by atoms with Gasteiger partial charge in [0.15, 0.2) is 0 Å². The maximum absolute atomic E-state index is 13.2. The van der Waals surface area contributed by atoms with Gasteiger partial charge in [0.2, 0.25) is 5.91 Å². The van der Waals surface area contributed by atoms with Crippen molar-refractivity contribution in [3.63, 3.8) is 0 Å². The Bertz CT molecular complexity index is 883. The highest BCUT2D eigenvalue weighted by Crippen LogP contribution is 2.34. The lowest BCUT2D eigenvalue weighted by Gasteiger charge is -2.21. The number of benzene rings is 2. The van der Waals surface area contributed by atoms with E-state index in [4.69, 9.17) is 5.73 Å². The van der Waals surface area contributed by atoms with Crippen LogP contribution in [0.2, 0.25) is 0 Å². The minimum atomic E-state index is -0.0243. The molecule has 1 saturated heterocycles. The van der Waals surface area contributed by atoms with Crippen LogP contribution in [0.5, 0.6) is 0 Å². The fourth-order valence-corrected chi connectivity index (χ4v) is 4.24. The molecule has 0 saturated carbocycles. The predicted octanol–water partition coefficient (Wildman–Crippen LogP) is 2.28. The summed E-state index contributed by atoms with van der Waals surface area (Å²) < 4.78 is 0. The highest BCUT2D eigenvalue weighted by atomic mass is 16.2. The predicted molar refractivity (Wildman–Crippen MR) is 111 cm³/mol. The minimum Gasteiger partial charge on any atom is -0.372 e. The van der Waals surface area contributed by atoms with Gasteiger partial charge in [0.25, 0.3) is 5.91 Å². The molecule has 1 fully saturated rings. The van der Waals surface area contributed by atoms with Gasteiger partial charge in [0.05, 0.1) is 11.4 Å². The van der Waals surface area contributed by atoms with E-state index in [9.17, 15) is 9.59 Å². The van der Waals surface area contributed by atoms with E-state index in [-0.39, 0.29) is 23.7 Å². The first-order valence-corrected chi connectivity index (χ1v) is 9.76. The van der Waals surface area contributed by atoms with Crippen LogP contribution in [-0.4, -0.2) is 49.9 Å². The topological polar surface area (TPSA) is 78.7 Å². The van der Waals surface area contributed by atoms with Crippen LogP contribution in [0.1, 0.15) is 28.3 Å². The smallest absolute Gasteiger partial charge is 0.253 e. The summed E-state index contributed by atoms with van der Waals surface area (Å²) in [4.78, 5) is 29.1. The third-order valence-corrected chi connectivity index (χ3v) is 5.86. The number of amides is 2. The second-order valence-corrected chi connectivity index (χ2v) is 7.67. The van der Waals surface area contributed by atoms with E-state index >= 15 is 0 Å². The Labute approximate surface area is 165 Å². The standard InChI is InChI=1S/C22H26N4O2/c1-25-10-9-21(27)24-19-11-16(7-8-20(19)25)22(28)26-13-17(12-23)18(14-26)15-5-3-2-4-6-15/h2-8,11,17-18H,9-10,12-14,23H2,1H3,(H,24,27)/t17-,18+/m1/s1. The Morgan fingerprint density at radius 2 is 1.96 bits per heavy atom. The van der Waals surface area contributed by atoms with Gasteiger partial charge in [-0.2, -0.15) is 0 Å². The molecule has 28 heavy (non-hydrogen) atoms. The van der Waals surface area contributed by atoms with Crippen LogP contribution in [-0.2, 0) is 4.79 Å². The van der Waals surface area contributed by atoms with Crippen LogP contribution in [0.15, 0.2) is 48.5 Å². The summed E-state index contributed by atoms with van der Waals surface area (Å²) in [5, 5.41) is 2.92. The second kappa shape index (κ2) is 7.64. The molecule has 6 nitrogen and oxygen atoms in total. The van der Waals surface area contributed by atoms with Crippen LogP contribution in [0.25, 0.3) is 0 Å². The van der Waals surface area contributed by atoms with Crippen molar-refractivity contribution in [2.75, 3.05) is 43.4 Å². The lowest BCUT2D eigenvalue weighted by Crippen LogP contribution is -2.30.